The SMILES string of the molecule is O=C(O)/C(O)=C/C1(O)CCCCC1. The van der Waals surface area contributed by atoms with Gasteiger partial charge in [0.25, 0.3) is 0 Å². The second-order valence-electron chi connectivity index (χ2n) is 3.50. The van der Waals surface area contributed by atoms with E-state index in [-0.39, 0.29) is 0 Å². The van der Waals surface area contributed by atoms with E-state index in [0.29, 0.717) is 12.8 Å². The molecule has 1 fully saturated rings. The largest absolute Gasteiger partial charge is 0.502 e. The van der Waals surface area contributed by atoms with E-state index in [2.05, 4.69) is 0 Å². The predicted octanol–water partition coefficient (Wildman–Crippen LogP) is 1.21. The number of carbonyl (C=O) groups is 1. The van der Waals surface area contributed by atoms with Gasteiger partial charge in [-0.2, -0.15) is 0 Å². The highest BCUT2D eigenvalue weighted by molar-refractivity contribution is 5.83. The molecule has 3 N–H and O–H groups in total. The van der Waals surface area contributed by atoms with Crippen molar-refractivity contribution in [1.82, 2.24) is 0 Å². The van der Waals surface area contributed by atoms with Crippen LogP contribution in [0.3, 0.4) is 0 Å². The van der Waals surface area contributed by atoms with Crippen LogP contribution in [0.5, 0.6) is 0 Å². The summed E-state index contributed by atoms with van der Waals surface area (Å²) in [6.45, 7) is 0. The third kappa shape index (κ3) is 2.73. The molecule has 74 valence electrons. The number of hydrogen-bond acceptors (Lipinski definition) is 3. The third-order valence-electron chi connectivity index (χ3n) is 2.34. The van der Waals surface area contributed by atoms with Crippen molar-refractivity contribution in [2.24, 2.45) is 0 Å². The van der Waals surface area contributed by atoms with E-state index in [1.165, 1.54) is 0 Å². The van der Waals surface area contributed by atoms with Crippen molar-refractivity contribution in [1.29, 1.82) is 0 Å². The fourth-order valence-corrected chi connectivity index (χ4v) is 1.62. The summed E-state index contributed by atoms with van der Waals surface area (Å²) in [5, 5.41) is 27.1. The lowest BCUT2D eigenvalue weighted by atomic mass is 9.84. The van der Waals surface area contributed by atoms with Gasteiger partial charge in [0, 0.05) is 0 Å². The van der Waals surface area contributed by atoms with Gasteiger partial charge in [0.2, 0.25) is 0 Å². The van der Waals surface area contributed by atoms with Crippen molar-refractivity contribution in [3.63, 3.8) is 0 Å². The van der Waals surface area contributed by atoms with E-state index in [1.807, 2.05) is 0 Å². The van der Waals surface area contributed by atoms with Gasteiger partial charge in [0.15, 0.2) is 5.76 Å². The van der Waals surface area contributed by atoms with Crippen LogP contribution >= 0.6 is 0 Å². The molecule has 1 rings (SSSR count). The molecule has 0 aliphatic heterocycles. The fraction of sp³-hybridized carbons (Fsp3) is 0.667. The van der Waals surface area contributed by atoms with Crippen molar-refractivity contribution in [3.05, 3.63) is 11.8 Å². The van der Waals surface area contributed by atoms with Crippen molar-refractivity contribution >= 4 is 5.97 Å². The van der Waals surface area contributed by atoms with E-state index in [1.54, 1.807) is 0 Å². The Morgan fingerprint density at radius 3 is 2.15 bits per heavy atom. The Kier molecular flexibility index (Phi) is 2.93. The minimum Gasteiger partial charge on any atom is -0.502 e. The predicted molar refractivity (Wildman–Crippen MR) is 46.4 cm³/mol. The van der Waals surface area contributed by atoms with Crippen LogP contribution in [-0.2, 0) is 4.79 Å². The minimum absolute atomic E-state index is 0.532. The van der Waals surface area contributed by atoms with Crippen molar-refractivity contribution in [2.75, 3.05) is 0 Å². The van der Waals surface area contributed by atoms with Crippen LogP contribution in [0, 0.1) is 0 Å². The molecule has 0 aromatic rings. The maximum atomic E-state index is 10.3. The molecule has 0 aromatic carbocycles. The summed E-state index contributed by atoms with van der Waals surface area (Å²) >= 11 is 0. The average molecular weight is 186 g/mol. The summed E-state index contributed by atoms with van der Waals surface area (Å²) in [5.74, 6) is -2.15. The maximum Gasteiger partial charge on any atom is 0.370 e. The Morgan fingerprint density at radius 2 is 1.69 bits per heavy atom. The maximum absolute atomic E-state index is 10.3. The van der Waals surface area contributed by atoms with Gasteiger partial charge in [-0.1, -0.05) is 19.3 Å². The van der Waals surface area contributed by atoms with Crippen LogP contribution in [0.1, 0.15) is 32.1 Å². The van der Waals surface area contributed by atoms with E-state index in [4.69, 9.17) is 10.2 Å². The zero-order valence-electron chi connectivity index (χ0n) is 7.36. The highest BCUT2D eigenvalue weighted by atomic mass is 16.4. The van der Waals surface area contributed by atoms with E-state index >= 15 is 0 Å². The Bertz CT molecular complexity index is 226. The quantitative estimate of drug-likeness (QED) is 0.447. The molecule has 0 unspecified atom stereocenters. The summed E-state index contributed by atoms with van der Waals surface area (Å²) in [7, 11) is 0. The lowest BCUT2D eigenvalue weighted by molar-refractivity contribution is -0.135. The van der Waals surface area contributed by atoms with Gasteiger partial charge < -0.3 is 15.3 Å². The number of aliphatic carboxylic acids is 1. The molecule has 0 heterocycles. The monoisotopic (exact) mass is 186 g/mol. The normalized spacial score (nSPS) is 22.7. The van der Waals surface area contributed by atoms with Crippen LogP contribution in [-0.4, -0.2) is 26.9 Å². The number of rotatable bonds is 2. The number of aliphatic hydroxyl groups is 2. The Labute approximate surface area is 76.5 Å². The number of aliphatic hydroxyl groups excluding tert-OH is 1. The van der Waals surface area contributed by atoms with Crippen LogP contribution in [0.4, 0.5) is 0 Å². The molecule has 1 aliphatic carbocycles. The standard InChI is InChI=1S/C9H14O4/c10-7(8(11)12)6-9(13)4-2-1-3-5-9/h6,10,13H,1-5H2,(H,11,12)/b7-6-. The summed E-state index contributed by atoms with van der Waals surface area (Å²) in [6, 6.07) is 0. The molecular weight excluding hydrogens is 172 g/mol. The topological polar surface area (TPSA) is 77.8 Å². The van der Waals surface area contributed by atoms with Crippen molar-refractivity contribution in [2.45, 2.75) is 37.7 Å². The lowest BCUT2D eigenvalue weighted by Gasteiger charge is -2.28. The molecular formula is C9H14O4. The molecule has 0 aromatic heterocycles. The average Bonchev–Trinajstić information content (AvgIpc) is 2.04. The first-order chi connectivity index (χ1) is 6.03. The molecule has 0 atom stereocenters. The second-order valence-corrected chi connectivity index (χ2v) is 3.50. The Hall–Kier alpha value is -1.03. The number of carboxylic acids is 1. The number of carboxylic acid groups (broad SMARTS) is 1. The van der Waals surface area contributed by atoms with Crippen LogP contribution in [0.25, 0.3) is 0 Å². The summed E-state index contributed by atoms with van der Waals surface area (Å²) in [5.41, 5.74) is -1.11. The summed E-state index contributed by atoms with van der Waals surface area (Å²) in [6.07, 6.45) is 4.92. The molecule has 0 amide bonds. The first kappa shape index (κ1) is 10.1. The Morgan fingerprint density at radius 1 is 1.15 bits per heavy atom. The molecule has 0 spiro atoms. The highest BCUT2D eigenvalue weighted by Crippen LogP contribution is 2.29. The molecule has 4 nitrogen and oxygen atoms in total. The molecule has 13 heavy (non-hydrogen) atoms. The van der Waals surface area contributed by atoms with E-state index < -0.39 is 17.3 Å². The molecule has 4 heteroatoms. The first-order valence-electron chi connectivity index (χ1n) is 4.41. The molecule has 0 bridgehead atoms. The van der Waals surface area contributed by atoms with Gasteiger partial charge in [-0.05, 0) is 18.9 Å². The smallest absolute Gasteiger partial charge is 0.370 e. The number of hydrogen-bond donors (Lipinski definition) is 3. The zero-order valence-corrected chi connectivity index (χ0v) is 7.36. The van der Waals surface area contributed by atoms with Crippen LogP contribution in [0.15, 0.2) is 11.8 Å². The minimum atomic E-state index is -1.39. The molecule has 0 saturated heterocycles. The van der Waals surface area contributed by atoms with E-state index in [0.717, 1.165) is 25.3 Å². The summed E-state index contributed by atoms with van der Waals surface area (Å²) < 4.78 is 0. The van der Waals surface area contributed by atoms with Gasteiger partial charge in [-0.25, -0.2) is 4.79 Å². The van der Waals surface area contributed by atoms with Crippen LogP contribution in [0.2, 0.25) is 0 Å². The van der Waals surface area contributed by atoms with E-state index in [9.17, 15) is 9.90 Å². The zero-order chi connectivity index (χ0) is 9.90. The van der Waals surface area contributed by atoms with Gasteiger partial charge in [-0.15, -0.1) is 0 Å². The van der Waals surface area contributed by atoms with Gasteiger partial charge in [0.1, 0.15) is 0 Å². The first-order valence-corrected chi connectivity index (χ1v) is 4.41. The second kappa shape index (κ2) is 3.79. The molecule has 1 aliphatic rings. The van der Waals surface area contributed by atoms with Crippen molar-refractivity contribution in [3.8, 4) is 0 Å². The van der Waals surface area contributed by atoms with Gasteiger partial charge >= 0.3 is 5.97 Å². The van der Waals surface area contributed by atoms with Crippen molar-refractivity contribution < 1.29 is 20.1 Å². The lowest BCUT2D eigenvalue weighted by Crippen LogP contribution is -2.29. The summed E-state index contributed by atoms with van der Waals surface area (Å²) in [4.78, 5) is 10.3. The van der Waals surface area contributed by atoms with Gasteiger partial charge in [-0.3, -0.25) is 0 Å². The third-order valence-corrected chi connectivity index (χ3v) is 2.34. The highest BCUT2D eigenvalue weighted by Gasteiger charge is 2.28. The van der Waals surface area contributed by atoms with Crippen LogP contribution < -0.4 is 0 Å². The Balaban J connectivity index is 2.68. The molecule has 0 radical (unpaired) electrons. The van der Waals surface area contributed by atoms with Gasteiger partial charge in [0.05, 0.1) is 5.60 Å². The fourth-order valence-electron chi connectivity index (χ4n) is 1.62. The molecule has 1 saturated carbocycles.